The van der Waals surface area contributed by atoms with Crippen molar-refractivity contribution in [2.75, 3.05) is 0 Å². The number of hydrogen-bond donors (Lipinski definition) is 1. The lowest BCUT2D eigenvalue weighted by atomic mass is 10.1. The van der Waals surface area contributed by atoms with Gasteiger partial charge in [0, 0.05) is 18.0 Å². The summed E-state index contributed by atoms with van der Waals surface area (Å²) in [5.74, 6) is -1.23. The highest BCUT2D eigenvalue weighted by Gasteiger charge is 2.30. The average molecular weight is 333 g/mol. The molecule has 0 bridgehead atoms. The molecule has 0 fully saturated rings. The smallest absolute Gasteiger partial charge is 0.416 e. The van der Waals surface area contributed by atoms with Crippen molar-refractivity contribution in [1.29, 1.82) is 0 Å². The molecule has 122 valence electrons. The zero-order valence-electron chi connectivity index (χ0n) is 12.0. The fourth-order valence-corrected chi connectivity index (χ4v) is 2.19. The molecule has 24 heavy (non-hydrogen) atoms. The second-order valence-corrected chi connectivity index (χ2v) is 4.92. The summed E-state index contributed by atoms with van der Waals surface area (Å²) in [5.41, 5.74) is 0.320. The zero-order valence-corrected chi connectivity index (χ0v) is 12.0. The summed E-state index contributed by atoms with van der Waals surface area (Å²) in [6.07, 6.45) is -1.37. The molecule has 0 aliphatic carbocycles. The van der Waals surface area contributed by atoms with E-state index < -0.39 is 17.7 Å². The molecule has 0 radical (unpaired) electrons. The van der Waals surface area contributed by atoms with Crippen LogP contribution in [0, 0.1) is 0 Å². The average Bonchev–Trinajstić information content (AvgIpc) is 3.00. The molecular weight excluding hydrogens is 323 g/mol. The van der Waals surface area contributed by atoms with Gasteiger partial charge in [0.25, 0.3) is 0 Å². The lowest BCUT2D eigenvalue weighted by Gasteiger charge is -2.10. The molecule has 0 atom stereocenters. The molecule has 0 amide bonds. The van der Waals surface area contributed by atoms with Gasteiger partial charge in [0.2, 0.25) is 0 Å². The van der Waals surface area contributed by atoms with Crippen LogP contribution in [0.1, 0.15) is 16.1 Å². The van der Waals surface area contributed by atoms with Crippen molar-refractivity contribution >= 4 is 5.97 Å². The van der Waals surface area contributed by atoms with Gasteiger partial charge in [-0.3, -0.25) is 4.98 Å². The molecule has 3 rings (SSSR count). The molecule has 1 N–H and O–H groups in total. The molecule has 8 heteroatoms. The summed E-state index contributed by atoms with van der Waals surface area (Å²) in [5, 5.41) is 13.1. The van der Waals surface area contributed by atoms with Gasteiger partial charge in [-0.15, -0.1) is 0 Å². The third-order valence-electron chi connectivity index (χ3n) is 3.32. The summed E-state index contributed by atoms with van der Waals surface area (Å²) in [7, 11) is 0. The molecular formula is C16H10F3N3O2. The molecule has 0 spiro atoms. The van der Waals surface area contributed by atoms with Crippen molar-refractivity contribution < 1.29 is 23.1 Å². The van der Waals surface area contributed by atoms with E-state index >= 15 is 0 Å². The summed E-state index contributed by atoms with van der Waals surface area (Å²) in [6, 6.07) is 9.03. The van der Waals surface area contributed by atoms with Crippen LogP contribution in [-0.4, -0.2) is 25.8 Å². The minimum absolute atomic E-state index is 0.214. The van der Waals surface area contributed by atoms with Crippen LogP contribution in [0.5, 0.6) is 0 Å². The van der Waals surface area contributed by atoms with Crippen molar-refractivity contribution in [1.82, 2.24) is 14.8 Å². The number of carboxylic acid groups (broad SMARTS) is 1. The van der Waals surface area contributed by atoms with Gasteiger partial charge < -0.3 is 5.11 Å². The number of halogens is 3. The van der Waals surface area contributed by atoms with Gasteiger partial charge in [-0.1, -0.05) is 0 Å². The van der Waals surface area contributed by atoms with Gasteiger partial charge in [0.05, 0.1) is 16.9 Å². The number of hydrogen-bond acceptors (Lipinski definition) is 3. The standard InChI is InChI=1S/C16H10F3N3O2/c17-16(18,19)11-3-5-12(6-4-11)22-14(8-13(21-22)15(23)24)10-2-1-7-20-9-10/h1-9H,(H,23,24). The van der Waals surface area contributed by atoms with Crippen molar-refractivity contribution in [3.63, 3.8) is 0 Å². The van der Waals surface area contributed by atoms with E-state index in [0.717, 1.165) is 12.1 Å². The van der Waals surface area contributed by atoms with Gasteiger partial charge in [0.15, 0.2) is 5.69 Å². The monoisotopic (exact) mass is 333 g/mol. The first-order chi connectivity index (χ1) is 11.4. The number of carboxylic acids is 1. The first-order valence-corrected chi connectivity index (χ1v) is 6.77. The van der Waals surface area contributed by atoms with Gasteiger partial charge >= 0.3 is 12.1 Å². The number of nitrogens with zero attached hydrogens (tertiary/aromatic N) is 3. The Morgan fingerprint density at radius 3 is 2.38 bits per heavy atom. The van der Waals surface area contributed by atoms with Crippen LogP contribution < -0.4 is 0 Å². The number of aromatic nitrogens is 3. The molecule has 1 aromatic carbocycles. The van der Waals surface area contributed by atoms with Crippen LogP contribution in [0.4, 0.5) is 13.2 Å². The highest BCUT2D eigenvalue weighted by Crippen LogP contribution is 2.30. The minimum Gasteiger partial charge on any atom is -0.476 e. The minimum atomic E-state index is -4.44. The Morgan fingerprint density at radius 2 is 1.83 bits per heavy atom. The Balaban J connectivity index is 2.11. The van der Waals surface area contributed by atoms with E-state index in [9.17, 15) is 18.0 Å². The molecule has 2 heterocycles. The maximum Gasteiger partial charge on any atom is 0.416 e. The Morgan fingerprint density at radius 1 is 1.12 bits per heavy atom. The molecule has 0 aliphatic rings. The number of alkyl halides is 3. The van der Waals surface area contributed by atoms with Gasteiger partial charge in [-0.2, -0.15) is 18.3 Å². The van der Waals surface area contributed by atoms with Crippen LogP contribution >= 0.6 is 0 Å². The highest BCUT2D eigenvalue weighted by molar-refractivity contribution is 5.87. The number of aromatic carboxylic acids is 1. The van der Waals surface area contributed by atoms with Crippen LogP contribution in [-0.2, 0) is 6.18 Å². The molecule has 0 saturated heterocycles. The van der Waals surface area contributed by atoms with Gasteiger partial charge in [-0.25, -0.2) is 9.48 Å². The third-order valence-corrected chi connectivity index (χ3v) is 3.32. The van der Waals surface area contributed by atoms with Crippen LogP contribution in [0.3, 0.4) is 0 Å². The van der Waals surface area contributed by atoms with Gasteiger partial charge in [0.1, 0.15) is 0 Å². The Labute approximate surface area is 134 Å². The van der Waals surface area contributed by atoms with Crippen LogP contribution in [0.25, 0.3) is 16.9 Å². The number of pyridine rings is 1. The van der Waals surface area contributed by atoms with E-state index in [0.29, 0.717) is 16.9 Å². The second kappa shape index (κ2) is 5.80. The quantitative estimate of drug-likeness (QED) is 0.794. The largest absolute Gasteiger partial charge is 0.476 e. The van der Waals surface area contributed by atoms with E-state index in [1.165, 1.54) is 29.1 Å². The molecule has 5 nitrogen and oxygen atoms in total. The van der Waals surface area contributed by atoms with Crippen molar-refractivity contribution in [2.45, 2.75) is 6.18 Å². The van der Waals surface area contributed by atoms with Gasteiger partial charge in [-0.05, 0) is 42.5 Å². The Hall–Kier alpha value is -3.16. The van der Waals surface area contributed by atoms with E-state index in [2.05, 4.69) is 10.1 Å². The summed E-state index contributed by atoms with van der Waals surface area (Å²) >= 11 is 0. The third kappa shape index (κ3) is 2.98. The molecule has 0 unspecified atom stereocenters. The first-order valence-electron chi connectivity index (χ1n) is 6.77. The molecule has 2 aromatic heterocycles. The van der Waals surface area contributed by atoms with Crippen LogP contribution in [0.15, 0.2) is 54.9 Å². The Bertz CT molecular complexity index is 872. The maximum absolute atomic E-state index is 12.7. The lowest BCUT2D eigenvalue weighted by molar-refractivity contribution is -0.137. The zero-order chi connectivity index (χ0) is 17.3. The Kier molecular flexibility index (Phi) is 3.80. The predicted octanol–water partition coefficient (Wildman–Crippen LogP) is 3.65. The number of benzene rings is 1. The summed E-state index contributed by atoms with van der Waals surface area (Å²) in [4.78, 5) is 15.1. The van der Waals surface area contributed by atoms with E-state index in [1.807, 2.05) is 0 Å². The second-order valence-electron chi connectivity index (χ2n) is 4.92. The SMILES string of the molecule is O=C(O)c1cc(-c2cccnc2)n(-c2ccc(C(F)(F)F)cc2)n1. The van der Waals surface area contributed by atoms with Crippen LogP contribution in [0.2, 0.25) is 0 Å². The van der Waals surface area contributed by atoms with Crippen molar-refractivity contribution in [3.05, 3.63) is 66.1 Å². The predicted molar refractivity (Wildman–Crippen MR) is 78.8 cm³/mol. The molecule has 3 aromatic rings. The fourth-order valence-electron chi connectivity index (χ4n) is 2.19. The van der Waals surface area contributed by atoms with Crippen molar-refractivity contribution in [3.8, 4) is 16.9 Å². The first kappa shape index (κ1) is 15.7. The number of rotatable bonds is 3. The molecule has 0 saturated carbocycles. The van der Waals surface area contributed by atoms with E-state index in [4.69, 9.17) is 5.11 Å². The fraction of sp³-hybridized carbons (Fsp3) is 0.0625. The lowest BCUT2D eigenvalue weighted by Crippen LogP contribution is -2.06. The highest BCUT2D eigenvalue weighted by atomic mass is 19.4. The molecule has 0 aliphatic heterocycles. The summed E-state index contributed by atoms with van der Waals surface area (Å²) in [6.45, 7) is 0. The number of carbonyl (C=O) groups is 1. The summed E-state index contributed by atoms with van der Waals surface area (Å²) < 4.78 is 39.3. The van der Waals surface area contributed by atoms with E-state index in [1.54, 1.807) is 18.3 Å². The van der Waals surface area contributed by atoms with Crippen molar-refractivity contribution in [2.24, 2.45) is 0 Å². The topological polar surface area (TPSA) is 68.0 Å². The maximum atomic E-state index is 12.7. The van der Waals surface area contributed by atoms with E-state index in [-0.39, 0.29) is 5.69 Å². The normalized spacial score (nSPS) is 11.5.